The fraction of sp³-hybridized carbons (Fsp3) is 0.346. The van der Waals surface area contributed by atoms with Crippen LogP contribution in [0.4, 0.5) is 0 Å². The number of rotatable bonds is 6. The monoisotopic (exact) mass is 430 g/mol. The van der Waals surface area contributed by atoms with Crippen molar-refractivity contribution in [2.75, 3.05) is 20.1 Å². The highest BCUT2D eigenvalue weighted by atomic mass is 16.2. The molecule has 2 amide bonds. The molecule has 4 rings (SSSR count). The molecule has 1 N–H and O–H groups in total. The van der Waals surface area contributed by atoms with E-state index in [1.165, 1.54) is 0 Å². The van der Waals surface area contributed by atoms with Crippen molar-refractivity contribution < 1.29 is 9.59 Å². The van der Waals surface area contributed by atoms with Gasteiger partial charge < -0.3 is 10.2 Å². The van der Waals surface area contributed by atoms with Crippen molar-refractivity contribution in [2.45, 2.75) is 32.7 Å². The Hall–Kier alpha value is -3.41. The number of aromatic nitrogens is 2. The zero-order chi connectivity index (χ0) is 22.7. The number of carbonyl (C=O) groups is 2. The van der Waals surface area contributed by atoms with Gasteiger partial charge in [0.25, 0.3) is 5.91 Å². The maximum Gasteiger partial charge on any atom is 0.257 e. The molecule has 0 bridgehead atoms. The highest BCUT2D eigenvalue weighted by Gasteiger charge is 2.46. The summed E-state index contributed by atoms with van der Waals surface area (Å²) >= 11 is 0. The van der Waals surface area contributed by atoms with E-state index in [2.05, 4.69) is 34.7 Å². The van der Waals surface area contributed by atoms with Crippen molar-refractivity contribution in [3.05, 3.63) is 78.1 Å². The molecule has 0 spiro atoms. The van der Waals surface area contributed by atoms with Crippen molar-refractivity contribution in [3.8, 4) is 11.1 Å². The second kappa shape index (κ2) is 8.99. The highest BCUT2D eigenvalue weighted by Crippen LogP contribution is 2.38. The Morgan fingerprint density at radius 3 is 2.50 bits per heavy atom. The van der Waals surface area contributed by atoms with Crippen molar-refractivity contribution in [1.29, 1.82) is 0 Å². The van der Waals surface area contributed by atoms with Crippen LogP contribution in [0.15, 0.2) is 67.0 Å². The molecule has 0 saturated carbocycles. The summed E-state index contributed by atoms with van der Waals surface area (Å²) in [5, 5.41) is 7.15. The standard InChI is InChI=1S/C26H30N4O2/c1-19(2)30-17-22(16-28-30)24(31)29-14-13-26(18-29,25(32)27-3)15-21-11-7-8-12-23(21)20-9-5-4-6-10-20/h4-12,16-17,19H,13-15,18H2,1-3H3,(H,27,32)/t26-/m0/s1. The van der Waals surface area contributed by atoms with Gasteiger partial charge in [0.1, 0.15) is 0 Å². The van der Waals surface area contributed by atoms with Crippen LogP contribution in [0, 0.1) is 5.41 Å². The summed E-state index contributed by atoms with van der Waals surface area (Å²) in [6.07, 6.45) is 4.61. The third kappa shape index (κ3) is 4.17. The molecule has 2 aromatic carbocycles. The van der Waals surface area contributed by atoms with Crippen LogP contribution < -0.4 is 5.32 Å². The van der Waals surface area contributed by atoms with Gasteiger partial charge in [-0.05, 0) is 43.4 Å². The number of hydrogen-bond donors (Lipinski definition) is 1. The van der Waals surface area contributed by atoms with Gasteiger partial charge in [-0.15, -0.1) is 0 Å². The fourth-order valence-corrected chi connectivity index (χ4v) is 4.57. The van der Waals surface area contributed by atoms with Crippen LogP contribution in [-0.2, 0) is 11.2 Å². The van der Waals surface area contributed by atoms with Crippen LogP contribution in [0.1, 0.15) is 42.2 Å². The van der Waals surface area contributed by atoms with Gasteiger partial charge >= 0.3 is 0 Å². The predicted molar refractivity (Wildman–Crippen MR) is 125 cm³/mol. The zero-order valence-corrected chi connectivity index (χ0v) is 18.9. The van der Waals surface area contributed by atoms with E-state index < -0.39 is 5.41 Å². The van der Waals surface area contributed by atoms with Crippen molar-refractivity contribution >= 4 is 11.8 Å². The Kier molecular flexibility index (Phi) is 6.12. The lowest BCUT2D eigenvalue weighted by atomic mass is 9.78. The molecule has 0 aliphatic carbocycles. The second-order valence-corrected chi connectivity index (χ2v) is 8.84. The van der Waals surface area contributed by atoms with Crippen LogP contribution in [0.2, 0.25) is 0 Å². The lowest BCUT2D eigenvalue weighted by Crippen LogP contribution is -2.44. The minimum atomic E-state index is -0.663. The molecule has 0 radical (unpaired) electrons. The molecule has 1 aliphatic heterocycles. The molecule has 1 aliphatic rings. The predicted octanol–water partition coefficient (Wildman–Crippen LogP) is 3.95. The Balaban J connectivity index is 1.61. The molecule has 2 heterocycles. The van der Waals surface area contributed by atoms with E-state index in [9.17, 15) is 9.59 Å². The lowest BCUT2D eigenvalue weighted by molar-refractivity contribution is -0.129. The number of amides is 2. The first-order chi connectivity index (χ1) is 15.4. The molecule has 1 fully saturated rings. The van der Waals surface area contributed by atoms with Gasteiger partial charge in [0.15, 0.2) is 0 Å². The second-order valence-electron chi connectivity index (χ2n) is 8.84. The van der Waals surface area contributed by atoms with Gasteiger partial charge in [-0.3, -0.25) is 14.3 Å². The first-order valence-electron chi connectivity index (χ1n) is 11.1. The Labute approximate surface area is 189 Å². The zero-order valence-electron chi connectivity index (χ0n) is 18.9. The summed E-state index contributed by atoms with van der Waals surface area (Å²) in [6.45, 7) is 4.99. The molecule has 32 heavy (non-hydrogen) atoms. The maximum atomic E-state index is 13.2. The first-order valence-corrected chi connectivity index (χ1v) is 11.1. The molecule has 1 saturated heterocycles. The number of benzene rings is 2. The highest BCUT2D eigenvalue weighted by molar-refractivity contribution is 5.95. The summed E-state index contributed by atoms with van der Waals surface area (Å²) < 4.78 is 1.78. The van der Waals surface area contributed by atoms with Crippen molar-refractivity contribution in [3.63, 3.8) is 0 Å². The van der Waals surface area contributed by atoms with Gasteiger partial charge in [-0.25, -0.2) is 0 Å². The average Bonchev–Trinajstić information content (AvgIpc) is 3.48. The number of carbonyl (C=O) groups excluding carboxylic acids is 2. The first kappa shape index (κ1) is 21.8. The van der Waals surface area contributed by atoms with E-state index in [1.807, 2.05) is 44.2 Å². The lowest BCUT2D eigenvalue weighted by Gasteiger charge is -2.28. The molecule has 6 heteroatoms. The van der Waals surface area contributed by atoms with E-state index in [-0.39, 0.29) is 17.9 Å². The van der Waals surface area contributed by atoms with Gasteiger partial charge in [0, 0.05) is 32.4 Å². The van der Waals surface area contributed by atoms with Gasteiger partial charge in [0.2, 0.25) is 5.91 Å². The maximum absolute atomic E-state index is 13.2. The summed E-state index contributed by atoms with van der Waals surface area (Å²) in [5.74, 6) is -0.0902. The van der Waals surface area contributed by atoms with E-state index in [1.54, 1.807) is 29.0 Å². The van der Waals surface area contributed by atoms with Gasteiger partial charge in [-0.2, -0.15) is 5.10 Å². The smallest absolute Gasteiger partial charge is 0.257 e. The Bertz CT molecular complexity index is 1110. The van der Waals surface area contributed by atoms with Crippen LogP contribution in [0.5, 0.6) is 0 Å². The average molecular weight is 431 g/mol. The summed E-state index contributed by atoms with van der Waals surface area (Å²) in [7, 11) is 1.67. The molecule has 0 unspecified atom stereocenters. The van der Waals surface area contributed by atoms with Crippen molar-refractivity contribution in [1.82, 2.24) is 20.0 Å². The third-order valence-electron chi connectivity index (χ3n) is 6.36. The minimum Gasteiger partial charge on any atom is -0.359 e. The fourth-order valence-electron chi connectivity index (χ4n) is 4.57. The van der Waals surface area contributed by atoms with E-state index >= 15 is 0 Å². The van der Waals surface area contributed by atoms with Gasteiger partial charge in [-0.1, -0.05) is 54.6 Å². The number of nitrogens with zero attached hydrogens (tertiary/aromatic N) is 3. The topological polar surface area (TPSA) is 67.2 Å². The summed E-state index contributed by atoms with van der Waals surface area (Å²) in [5.41, 5.74) is 3.27. The molecule has 3 aromatic rings. The molecular formula is C26H30N4O2. The third-order valence-corrected chi connectivity index (χ3v) is 6.36. The largest absolute Gasteiger partial charge is 0.359 e. The van der Waals surface area contributed by atoms with Crippen LogP contribution >= 0.6 is 0 Å². The molecular weight excluding hydrogens is 400 g/mol. The minimum absolute atomic E-state index is 0.0199. The quantitative estimate of drug-likeness (QED) is 0.644. The molecule has 166 valence electrons. The van der Waals surface area contributed by atoms with E-state index in [0.29, 0.717) is 31.5 Å². The Morgan fingerprint density at radius 2 is 1.81 bits per heavy atom. The van der Waals surface area contributed by atoms with Gasteiger partial charge in [0.05, 0.1) is 17.2 Å². The molecule has 6 nitrogen and oxygen atoms in total. The van der Waals surface area contributed by atoms with Crippen LogP contribution in [0.25, 0.3) is 11.1 Å². The SMILES string of the molecule is CNC(=O)[C@]1(Cc2ccccc2-c2ccccc2)CCN(C(=O)c2cnn(C(C)C)c2)C1. The van der Waals surface area contributed by atoms with Crippen LogP contribution in [0.3, 0.4) is 0 Å². The summed E-state index contributed by atoms with van der Waals surface area (Å²) in [4.78, 5) is 28.1. The number of hydrogen-bond acceptors (Lipinski definition) is 3. The molecule has 1 aromatic heterocycles. The normalized spacial score (nSPS) is 18.2. The summed E-state index contributed by atoms with van der Waals surface area (Å²) in [6, 6.07) is 18.6. The van der Waals surface area contributed by atoms with Crippen LogP contribution in [-0.4, -0.2) is 46.6 Å². The van der Waals surface area contributed by atoms with E-state index in [4.69, 9.17) is 0 Å². The number of likely N-dealkylation sites (tertiary alicyclic amines) is 1. The Morgan fingerprint density at radius 1 is 1.09 bits per heavy atom. The number of nitrogens with one attached hydrogen (secondary N) is 1. The molecule has 1 atom stereocenters. The van der Waals surface area contributed by atoms with Crippen molar-refractivity contribution in [2.24, 2.45) is 5.41 Å². The van der Waals surface area contributed by atoms with E-state index in [0.717, 1.165) is 16.7 Å².